The molecule has 0 unspecified atom stereocenters. The van der Waals surface area contributed by atoms with E-state index in [4.69, 9.17) is 9.72 Å². The summed E-state index contributed by atoms with van der Waals surface area (Å²) in [6, 6.07) is 17.3. The van der Waals surface area contributed by atoms with E-state index in [1.54, 1.807) is 7.11 Å². The highest BCUT2D eigenvalue weighted by Gasteiger charge is 2.25. The summed E-state index contributed by atoms with van der Waals surface area (Å²) < 4.78 is 5.26. The second kappa shape index (κ2) is 11.1. The maximum Gasteiger partial charge on any atom is 0.254 e. The smallest absolute Gasteiger partial charge is 0.254 e. The number of hydrogen-bond donors (Lipinski definition) is 1. The third-order valence-corrected chi connectivity index (χ3v) is 6.21. The summed E-state index contributed by atoms with van der Waals surface area (Å²) >= 11 is 0. The molecule has 0 bridgehead atoms. The lowest BCUT2D eigenvalue weighted by Crippen LogP contribution is -2.51. The van der Waals surface area contributed by atoms with Gasteiger partial charge in [0.25, 0.3) is 5.91 Å². The molecule has 34 heavy (non-hydrogen) atoms. The van der Waals surface area contributed by atoms with Gasteiger partial charge in [-0.1, -0.05) is 31.5 Å². The summed E-state index contributed by atoms with van der Waals surface area (Å²) in [4.78, 5) is 34.5. The van der Waals surface area contributed by atoms with Crippen LogP contribution in [0, 0.1) is 0 Å². The Balaban J connectivity index is 1.49. The lowest BCUT2D eigenvalue weighted by Gasteiger charge is -2.34. The number of ether oxygens (including phenoxy) is 1. The number of fused-ring (bicyclic) bond motifs is 1. The minimum absolute atomic E-state index is 0.000379. The SMILES string of the molecule is CCCCNC(=O)CN1CCN(C(=O)c2cc(-c3ccc(OC)cc3)nc3ccccc23)CC1. The molecule has 7 heteroatoms. The van der Waals surface area contributed by atoms with Crippen LogP contribution in [0.1, 0.15) is 30.1 Å². The number of carbonyl (C=O) groups is 2. The van der Waals surface area contributed by atoms with Gasteiger partial charge in [-0.2, -0.15) is 0 Å². The topological polar surface area (TPSA) is 74.8 Å². The molecule has 1 aliphatic rings. The summed E-state index contributed by atoms with van der Waals surface area (Å²) in [7, 11) is 1.64. The third kappa shape index (κ3) is 5.54. The Morgan fingerprint density at radius 2 is 1.76 bits per heavy atom. The van der Waals surface area contributed by atoms with Crippen molar-refractivity contribution in [3.63, 3.8) is 0 Å². The quantitative estimate of drug-likeness (QED) is 0.520. The Labute approximate surface area is 200 Å². The first-order valence-corrected chi connectivity index (χ1v) is 11.9. The molecular weight excluding hydrogens is 428 g/mol. The number of nitrogens with one attached hydrogen (secondary N) is 1. The molecule has 2 aromatic carbocycles. The highest BCUT2D eigenvalue weighted by molar-refractivity contribution is 6.07. The third-order valence-electron chi connectivity index (χ3n) is 6.21. The van der Waals surface area contributed by atoms with E-state index in [0.29, 0.717) is 38.3 Å². The molecule has 4 rings (SSSR count). The van der Waals surface area contributed by atoms with Crippen LogP contribution in [-0.4, -0.2) is 73.0 Å². The van der Waals surface area contributed by atoms with Gasteiger partial charge in [0, 0.05) is 43.7 Å². The molecule has 0 radical (unpaired) electrons. The zero-order valence-corrected chi connectivity index (χ0v) is 19.9. The molecule has 0 spiro atoms. The summed E-state index contributed by atoms with van der Waals surface area (Å²) in [5, 5.41) is 3.81. The fourth-order valence-electron chi connectivity index (χ4n) is 4.21. The first-order valence-electron chi connectivity index (χ1n) is 11.9. The van der Waals surface area contributed by atoms with E-state index in [9.17, 15) is 9.59 Å². The van der Waals surface area contributed by atoms with Gasteiger partial charge in [0.2, 0.25) is 5.91 Å². The van der Waals surface area contributed by atoms with Crippen molar-refractivity contribution in [2.45, 2.75) is 19.8 Å². The van der Waals surface area contributed by atoms with Crippen molar-refractivity contribution in [2.75, 3.05) is 46.4 Å². The second-order valence-electron chi connectivity index (χ2n) is 8.57. The number of rotatable bonds is 8. The summed E-state index contributed by atoms with van der Waals surface area (Å²) in [6.07, 6.45) is 2.05. The fourth-order valence-corrected chi connectivity index (χ4v) is 4.21. The molecule has 1 saturated heterocycles. The van der Waals surface area contributed by atoms with Crippen LogP contribution >= 0.6 is 0 Å². The van der Waals surface area contributed by atoms with Crippen molar-refractivity contribution >= 4 is 22.7 Å². The van der Waals surface area contributed by atoms with Gasteiger partial charge in [0.15, 0.2) is 0 Å². The number of amides is 2. The van der Waals surface area contributed by atoms with E-state index in [1.807, 2.05) is 59.5 Å². The van der Waals surface area contributed by atoms with E-state index in [2.05, 4.69) is 17.1 Å². The zero-order chi connectivity index (χ0) is 23.9. The number of piperazine rings is 1. The molecule has 0 aliphatic carbocycles. The van der Waals surface area contributed by atoms with E-state index in [-0.39, 0.29) is 11.8 Å². The van der Waals surface area contributed by atoms with Gasteiger partial charge in [-0.15, -0.1) is 0 Å². The maximum atomic E-state index is 13.6. The maximum absolute atomic E-state index is 13.6. The predicted octanol–water partition coefficient (Wildman–Crippen LogP) is 3.58. The highest BCUT2D eigenvalue weighted by atomic mass is 16.5. The van der Waals surface area contributed by atoms with Crippen LogP contribution in [0.2, 0.25) is 0 Å². The van der Waals surface area contributed by atoms with Gasteiger partial charge in [-0.25, -0.2) is 4.98 Å². The van der Waals surface area contributed by atoms with Gasteiger partial charge < -0.3 is 15.0 Å². The van der Waals surface area contributed by atoms with Crippen molar-refractivity contribution in [2.24, 2.45) is 0 Å². The minimum atomic E-state index is 0.000379. The van der Waals surface area contributed by atoms with Crippen LogP contribution in [-0.2, 0) is 4.79 Å². The van der Waals surface area contributed by atoms with Gasteiger partial charge in [0.1, 0.15) is 5.75 Å². The molecule has 1 aliphatic heterocycles. The molecular formula is C27H32N4O3. The number of carbonyl (C=O) groups excluding carboxylic acids is 2. The van der Waals surface area contributed by atoms with Crippen molar-refractivity contribution in [3.05, 3.63) is 60.2 Å². The van der Waals surface area contributed by atoms with Crippen LogP contribution in [0.5, 0.6) is 5.75 Å². The number of pyridine rings is 1. The Kier molecular flexibility index (Phi) is 7.75. The number of unbranched alkanes of at least 4 members (excludes halogenated alkanes) is 1. The molecule has 1 aromatic heterocycles. The number of para-hydroxylation sites is 1. The van der Waals surface area contributed by atoms with Crippen molar-refractivity contribution in [3.8, 4) is 17.0 Å². The first-order chi connectivity index (χ1) is 16.6. The van der Waals surface area contributed by atoms with Gasteiger partial charge in [-0.3, -0.25) is 14.5 Å². The van der Waals surface area contributed by atoms with Crippen molar-refractivity contribution in [1.29, 1.82) is 0 Å². The number of hydrogen-bond acceptors (Lipinski definition) is 5. The van der Waals surface area contributed by atoms with Crippen LogP contribution in [0.15, 0.2) is 54.6 Å². The molecule has 178 valence electrons. The average Bonchev–Trinajstić information content (AvgIpc) is 2.88. The summed E-state index contributed by atoms with van der Waals surface area (Å²) in [5.74, 6) is 0.829. The van der Waals surface area contributed by atoms with Crippen LogP contribution < -0.4 is 10.1 Å². The second-order valence-corrected chi connectivity index (χ2v) is 8.57. The predicted molar refractivity (Wildman–Crippen MR) is 134 cm³/mol. The van der Waals surface area contributed by atoms with Crippen LogP contribution in [0.25, 0.3) is 22.2 Å². The number of methoxy groups -OCH3 is 1. The number of nitrogens with zero attached hydrogens (tertiary/aromatic N) is 3. The summed E-state index contributed by atoms with van der Waals surface area (Å²) in [6.45, 7) is 5.76. The van der Waals surface area contributed by atoms with E-state index in [1.165, 1.54) is 0 Å². The zero-order valence-electron chi connectivity index (χ0n) is 19.9. The van der Waals surface area contributed by atoms with Crippen molar-refractivity contribution in [1.82, 2.24) is 20.1 Å². The lowest BCUT2D eigenvalue weighted by molar-refractivity contribution is -0.122. The van der Waals surface area contributed by atoms with Crippen molar-refractivity contribution < 1.29 is 14.3 Å². The Morgan fingerprint density at radius 3 is 2.47 bits per heavy atom. The first kappa shape index (κ1) is 23.7. The number of aromatic nitrogens is 1. The fraction of sp³-hybridized carbons (Fsp3) is 0.370. The highest BCUT2D eigenvalue weighted by Crippen LogP contribution is 2.27. The van der Waals surface area contributed by atoms with E-state index < -0.39 is 0 Å². The Morgan fingerprint density at radius 1 is 1.03 bits per heavy atom. The molecule has 1 N–H and O–H groups in total. The normalized spacial score (nSPS) is 14.2. The molecule has 0 atom stereocenters. The standard InChI is InChI=1S/C27H32N4O3/c1-3-4-13-28-26(32)19-30-14-16-31(17-15-30)27(33)23-18-25(20-9-11-21(34-2)12-10-20)29-24-8-6-5-7-22(23)24/h5-12,18H,3-4,13-17,19H2,1-2H3,(H,28,32). The summed E-state index contributed by atoms with van der Waals surface area (Å²) in [5.41, 5.74) is 3.13. The average molecular weight is 461 g/mol. The van der Waals surface area contributed by atoms with E-state index in [0.717, 1.165) is 47.3 Å². The molecule has 2 heterocycles. The molecule has 3 aromatic rings. The molecule has 2 amide bonds. The Bertz CT molecular complexity index is 1140. The van der Waals surface area contributed by atoms with Gasteiger partial charge in [0.05, 0.1) is 30.4 Å². The lowest BCUT2D eigenvalue weighted by atomic mass is 10.0. The van der Waals surface area contributed by atoms with Crippen LogP contribution in [0.4, 0.5) is 0 Å². The molecule has 7 nitrogen and oxygen atoms in total. The molecule has 1 fully saturated rings. The van der Waals surface area contributed by atoms with Crippen LogP contribution in [0.3, 0.4) is 0 Å². The number of benzene rings is 2. The van der Waals surface area contributed by atoms with E-state index >= 15 is 0 Å². The van der Waals surface area contributed by atoms with Gasteiger partial charge >= 0.3 is 0 Å². The minimum Gasteiger partial charge on any atom is -0.497 e. The Hall–Kier alpha value is -3.45. The molecule has 0 saturated carbocycles. The largest absolute Gasteiger partial charge is 0.497 e. The van der Waals surface area contributed by atoms with Gasteiger partial charge in [-0.05, 0) is 42.8 Å². The monoisotopic (exact) mass is 460 g/mol.